The molecule has 0 aromatic heterocycles. The number of hydrogen-bond acceptors (Lipinski definition) is 5. The SMILES string of the molecule is CCCCOC(=O)P(=O)(OC)OCCCC. The van der Waals surface area contributed by atoms with Gasteiger partial charge in [-0.1, -0.05) is 26.7 Å². The Morgan fingerprint density at radius 2 is 1.69 bits per heavy atom. The predicted molar refractivity (Wildman–Crippen MR) is 61.7 cm³/mol. The van der Waals surface area contributed by atoms with E-state index >= 15 is 0 Å². The van der Waals surface area contributed by atoms with E-state index < -0.39 is 13.3 Å². The van der Waals surface area contributed by atoms with Crippen LogP contribution in [0.2, 0.25) is 0 Å². The molecular formula is C10H21O5P. The summed E-state index contributed by atoms with van der Waals surface area (Å²) in [7, 11) is -2.53. The van der Waals surface area contributed by atoms with Crippen LogP contribution in [0.25, 0.3) is 0 Å². The lowest BCUT2D eigenvalue weighted by molar-refractivity contribution is 0.149. The molecule has 5 nitrogen and oxygen atoms in total. The van der Waals surface area contributed by atoms with Gasteiger partial charge in [0.1, 0.15) is 0 Å². The molecule has 0 aliphatic rings. The smallest absolute Gasteiger partial charge is 0.438 e. The highest BCUT2D eigenvalue weighted by atomic mass is 31.2. The van der Waals surface area contributed by atoms with Crippen LogP contribution in [0, 0.1) is 0 Å². The fourth-order valence-electron chi connectivity index (χ4n) is 0.892. The molecule has 0 N–H and O–H groups in total. The van der Waals surface area contributed by atoms with Crippen molar-refractivity contribution in [3.8, 4) is 0 Å². The Morgan fingerprint density at radius 1 is 1.12 bits per heavy atom. The molecule has 1 atom stereocenters. The van der Waals surface area contributed by atoms with Crippen molar-refractivity contribution in [1.82, 2.24) is 0 Å². The van der Waals surface area contributed by atoms with E-state index in [1.54, 1.807) is 0 Å². The summed E-state index contributed by atoms with van der Waals surface area (Å²) >= 11 is 0. The summed E-state index contributed by atoms with van der Waals surface area (Å²) in [6.07, 6.45) is 3.27. The number of carbonyl (C=O) groups is 1. The summed E-state index contributed by atoms with van der Waals surface area (Å²) in [5, 5.41) is 0. The van der Waals surface area contributed by atoms with Crippen LogP contribution in [-0.4, -0.2) is 26.0 Å². The van der Waals surface area contributed by atoms with E-state index in [2.05, 4.69) is 4.52 Å². The summed E-state index contributed by atoms with van der Waals surface area (Å²) in [4.78, 5) is 11.4. The molecule has 0 spiro atoms. The molecule has 0 saturated carbocycles. The van der Waals surface area contributed by atoms with Gasteiger partial charge in [-0.05, 0) is 12.8 Å². The fourth-order valence-corrected chi connectivity index (χ4v) is 1.87. The average Bonchev–Trinajstić information content (AvgIpc) is 2.29. The quantitative estimate of drug-likeness (QED) is 0.463. The molecule has 6 heteroatoms. The number of carbonyl (C=O) groups excluding carboxylic acids is 1. The molecule has 0 aromatic carbocycles. The lowest BCUT2D eigenvalue weighted by Gasteiger charge is -2.14. The monoisotopic (exact) mass is 252 g/mol. The Hall–Kier alpha value is -0.380. The minimum absolute atomic E-state index is 0.241. The second-order valence-corrected chi connectivity index (χ2v) is 5.32. The molecule has 1 unspecified atom stereocenters. The molecule has 96 valence electrons. The molecule has 0 aliphatic carbocycles. The van der Waals surface area contributed by atoms with Crippen LogP contribution < -0.4 is 0 Å². The average molecular weight is 252 g/mol. The van der Waals surface area contributed by atoms with E-state index in [4.69, 9.17) is 9.26 Å². The van der Waals surface area contributed by atoms with Gasteiger partial charge in [0, 0.05) is 7.11 Å². The molecule has 16 heavy (non-hydrogen) atoms. The van der Waals surface area contributed by atoms with Crippen LogP contribution in [0.5, 0.6) is 0 Å². The van der Waals surface area contributed by atoms with E-state index in [1.807, 2.05) is 13.8 Å². The largest absolute Gasteiger partial charge is 0.457 e. The summed E-state index contributed by atoms with van der Waals surface area (Å²) in [6, 6.07) is 0. The van der Waals surface area contributed by atoms with Gasteiger partial charge >= 0.3 is 13.3 Å². The molecule has 0 rings (SSSR count). The maximum absolute atomic E-state index is 11.8. The van der Waals surface area contributed by atoms with Crippen LogP contribution in [0.4, 0.5) is 4.79 Å². The molecule has 0 radical (unpaired) electrons. The maximum atomic E-state index is 11.8. The third-order valence-corrected chi connectivity index (χ3v) is 3.53. The number of rotatable bonds is 9. The third-order valence-electron chi connectivity index (χ3n) is 1.95. The van der Waals surface area contributed by atoms with Crippen molar-refractivity contribution in [2.24, 2.45) is 0 Å². The first-order valence-electron chi connectivity index (χ1n) is 5.58. The Morgan fingerprint density at radius 3 is 2.19 bits per heavy atom. The topological polar surface area (TPSA) is 61.8 Å². The summed E-state index contributed by atoms with van der Waals surface area (Å²) < 4.78 is 26.3. The number of ether oxygens (including phenoxy) is 1. The van der Waals surface area contributed by atoms with E-state index in [0.29, 0.717) is 0 Å². The number of hydrogen-bond donors (Lipinski definition) is 0. The van der Waals surface area contributed by atoms with E-state index in [0.717, 1.165) is 25.7 Å². The lowest BCUT2D eigenvalue weighted by Crippen LogP contribution is -2.09. The van der Waals surface area contributed by atoms with Crippen molar-refractivity contribution < 1.29 is 23.1 Å². The van der Waals surface area contributed by atoms with Crippen LogP contribution in [0.3, 0.4) is 0 Å². The predicted octanol–water partition coefficient (Wildman–Crippen LogP) is 3.58. The Bertz CT molecular complexity index is 241. The maximum Gasteiger partial charge on any atom is 0.438 e. The summed E-state index contributed by atoms with van der Waals surface area (Å²) in [5.41, 5.74) is -0.889. The van der Waals surface area contributed by atoms with Gasteiger partial charge in [-0.25, -0.2) is 9.36 Å². The Kier molecular flexibility index (Phi) is 8.53. The molecule has 0 aliphatic heterocycles. The van der Waals surface area contributed by atoms with E-state index in [9.17, 15) is 9.36 Å². The molecule has 0 saturated heterocycles. The molecule has 0 fully saturated rings. The zero-order chi connectivity index (χ0) is 12.4. The van der Waals surface area contributed by atoms with E-state index in [-0.39, 0.29) is 13.2 Å². The minimum Gasteiger partial charge on any atom is -0.457 e. The first kappa shape index (κ1) is 15.6. The van der Waals surface area contributed by atoms with Gasteiger partial charge in [-0.2, -0.15) is 0 Å². The van der Waals surface area contributed by atoms with E-state index in [1.165, 1.54) is 7.11 Å². The van der Waals surface area contributed by atoms with Crippen molar-refractivity contribution in [2.75, 3.05) is 20.3 Å². The number of unbranched alkanes of at least 4 members (excludes halogenated alkanes) is 2. The Balaban J connectivity index is 4.11. The molecule has 0 heterocycles. The van der Waals surface area contributed by atoms with Gasteiger partial charge in [-0.15, -0.1) is 0 Å². The van der Waals surface area contributed by atoms with Gasteiger partial charge in [0.15, 0.2) is 0 Å². The van der Waals surface area contributed by atoms with Gasteiger partial charge in [0.2, 0.25) is 0 Å². The first-order chi connectivity index (χ1) is 7.60. The second-order valence-electron chi connectivity index (χ2n) is 3.33. The van der Waals surface area contributed by atoms with Crippen molar-refractivity contribution in [3.05, 3.63) is 0 Å². The third kappa shape index (κ3) is 5.64. The fraction of sp³-hybridized carbons (Fsp3) is 0.900. The second kappa shape index (κ2) is 8.74. The van der Waals surface area contributed by atoms with Crippen LogP contribution in [0.15, 0.2) is 0 Å². The van der Waals surface area contributed by atoms with Gasteiger partial charge in [0.25, 0.3) is 0 Å². The standard InChI is InChI=1S/C10H21O5P/c1-4-6-8-14-10(11)16(12,13-3)15-9-7-5-2/h4-9H2,1-3H3. The highest BCUT2D eigenvalue weighted by molar-refractivity contribution is 7.71. The minimum atomic E-state index is -3.72. The molecule has 0 bridgehead atoms. The van der Waals surface area contributed by atoms with Crippen LogP contribution in [-0.2, 0) is 18.3 Å². The van der Waals surface area contributed by atoms with Crippen LogP contribution in [0.1, 0.15) is 39.5 Å². The van der Waals surface area contributed by atoms with Crippen molar-refractivity contribution >= 4 is 13.3 Å². The molecule has 0 amide bonds. The zero-order valence-electron chi connectivity index (χ0n) is 10.2. The summed E-state index contributed by atoms with van der Waals surface area (Å²) in [5.74, 6) is 0. The highest BCUT2D eigenvalue weighted by Crippen LogP contribution is 2.49. The Labute approximate surface area is 97.0 Å². The van der Waals surface area contributed by atoms with Gasteiger partial charge in [-0.3, -0.25) is 0 Å². The van der Waals surface area contributed by atoms with Crippen LogP contribution >= 0.6 is 7.60 Å². The normalized spacial score (nSPS) is 14.4. The summed E-state index contributed by atoms with van der Waals surface area (Å²) in [6.45, 7) is 4.44. The lowest BCUT2D eigenvalue weighted by atomic mass is 10.4. The zero-order valence-corrected chi connectivity index (χ0v) is 11.1. The van der Waals surface area contributed by atoms with Gasteiger partial charge in [0.05, 0.1) is 13.2 Å². The van der Waals surface area contributed by atoms with Crippen molar-refractivity contribution in [3.63, 3.8) is 0 Å². The highest BCUT2D eigenvalue weighted by Gasteiger charge is 2.35. The first-order valence-corrected chi connectivity index (χ1v) is 7.12. The van der Waals surface area contributed by atoms with Crippen molar-refractivity contribution in [1.29, 1.82) is 0 Å². The molecular weight excluding hydrogens is 231 g/mol. The van der Waals surface area contributed by atoms with Gasteiger partial charge < -0.3 is 13.8 Å². The van der Waals surface area contributed by atoms with Crippen molar-refractivity contribution in [2.45, 2.75) is 39.5 Å². The molecule has 0 aromatic rings.